The van der Waals surface area contributed by atoms with Crippen LogP contribution in [-0.4, -0.2) is 23.8 Å². The molecule has 7 heteroatoms. The Kier molecular flexibility index (Phi) is 6.14. The first-order valence-electron chi connectivity index (χ1n) is 6.92. The van der Waals surface area contributed by atoms with Crippen molar-refractivity contribution in [3.8, 4) is 0 Å². The first-order valence-corrected chi connectivity index (χ1v) is 7.30. The lowest BCUT2D eigenvalue weighted by atomic mass is 9.81. The largest absolute Gasteiger partial charge is 0.392 e. The quantitative estimate of drug-likeness (QED) is 0.767. The van der Waals surface area contributed by atoms with E-state index in [4.69, 9.17) is 11.6 Å². The third-order valence-electron chi connectivity index (χ3n) is 3.38. The third kappa shape index (κ3) is 4.81. The Balaban J connectivity index is 2.69. The summed E-state index contributed by atoms with van der Waals surface area (Å²) in [6.07, 6.45) is -0.628. The number of rotatable bonds is 5. The van der Waals surface area contributed by atoms with Crippen molar-refractivity contribution in [3.63, 3.8) is 0 Å². The molecule has 124 valence electrons. The Hall–Kier alpha value is -1.40. The van der Waals surface area contributed by atoms with Crippen molar-refractivity contribution in [1.82, 2.24) is 5.32 Å². The second-order valence-corrected chi connectivity index (χ2v) is 6.67. The summed E-state index contributed by atoms with van der Waals surface area (Å²) in [5, 5.41) is 14.6. The molecule has 0 spiro atoms. The molecule has 0 aromatic heterocycles. The maximum absolute atomic E-state index is 13.6. The molecular weight excluding hydrogens is 314 g/mol. The van der Waals surface area contributed by atoms with Crippen LogP contribution in [0.5, 0.6) is 0 Å². The highest BCUT2D eigenvalue weighted by molar-refractivity contribution is 6.30. The molecule has 0 aliphatic heterocycles. The van der Waals surface area contributed by atoms with Crippen molar-refractivity contribution in [2.75, 3.05) is 11.9 Å². The maximum atomic E-state index is 13.6. The topological polar surface area (TPSA) is 61.4 Å². The number of urea groups is 1. The number of aliphatic hydroxyl groups excluding tert-OH is 1. The van der Waals surface area contributed by atoms with Crippen molar-refractivity contribution >= 4 is 23.3 Å². The van der Waals surface area contributed by atoms with Crippen molar-refractivity contribution < 1.29 is 18.7 Å². The molecule has 22 heavy (non-hydrogen) atoms. The van der Waals surface area contributed by atoms with E-state index in [1.807, 2.05) is 13.8 Å². The summed E-state index contributed by atoms with van der Waals surface area (Å²) in [6.45, 7) is 7.47. The van der Waals surface area contributed by atoms with Gasteiger partial charge < -0.3 is 15.7 Å². The van der Waals surface area contributed by atoms with Crippen LogP contribution in [0.15, 0.2) is 12.1 Å². The average Bonchev–Trinajstić information content (AvgIpc) is 2.39. The summed E-state index contributed by atoms with van der Waals surface area (Å²) < 4.78 is 27.1. The van der Waals surface area contributed by atoms with Crippen LogP contribution in [0.4, 0.5) is 19.3 Å². The van der Waals surface area contributed by atoms with E-state index in [2.05, 4.69) is 10.6 Å². The number of nitrogens with one attached hydrogen (secondary N) is 2. The van der Waals surface area contributed by atoms with Gasteiger partial charge in [-0.3, -0.25) is 0 Å². The SMILES string of the molecule is CC(C)C(O)C(C)(C)CNC(=O)Nc1c(F)cc(Cl)cc1F. The predicted molar refractivity (Wildman–Crippen MR) is 83.0 cm³/mol. The molecular formula is C15H21ClF2N2O2. The maximum Gasteiger partial charge on any atom is 0.319 e. The molecule has 2 amide bonds. The van der Waals surface area contributed by atoms with Crippen LogP contribution in [0.25, 0.3) is 0 Å². The van der Waals surface area contributed by atoms with E-state index in [0.717, 1.165) is 12.1 Å². The Bertz CT molecular complexity index is 527. The Morgan fingerprint density at radius 3 is 2.27 bits per heavy atom. The summed E-state index contributed by atoms with van der Waals surface area (Å²) in [6, 6.07) is 1.06. The summed E-state index contributed by atoms with van der Waals surface area (Å²) >= 11 is 5.51. The Labute approximate surface area is 133 Å². The van der Waals surface area contributed by atoms with Gasteiger partial charge in [-0.1, -0.05) is 39.3 Å². The fraction of sp³-hybridized carbons (Fsp3) is 0.533. The third-order valence-corrected chi connectivity index (χ3v) is 3.60. The standard InChI is InChI=1S/C15H21ClF2N2O2/c1-8(2)13(21)15(3,4)7-19-14(22)20-12-10(17)5-9(16)6-11(12)18/h5-6,8,13,21H,7H2,1-4H3,(H2,19,20,22). The van der Waals surface area contributed by atoms with Gasteiger partial charge in [-0.15, -0.1) is 0 Å². The van der Waals surface area contributed by atoms with Gasteiger partial charge in [-0.25, -0.2) is 13.6 Å². The van der Waals surface area contributed by atoms with Gasteiger partial charge in [0.2, 0.25) is 0 Å². The molecule has 0 fully saturated rings. The lowest BCUT2D eigenvalue weighted by molar-refractivity contribution is 0.0154. The van der Waals surface area contributed by atoms with E-state index in [1.165, 1.54) is 0 Å². The van der Waals surface area contributed by atoms with E-state index in [9.17, 15) is 18.7 Å². The molecule has 1 aromatic rings. The lowest BCUT2D eigenvalue weighted by Gasteiger charge is -2.33. The normalized spacial score (nSPS) is 13.1. The summed E-state index contributed by atoms with van der Waals surface area (Å²) in [7, 11) is 0. The minimum absolute atomic E-state index is 0.0195. The zero-order valence-corrected chi connectivity index (χ0v) is 13.8. The summed E-state index contributed by atoms with van der Waals surface area (Å²) in [5.74, 6) is -1.89. The van der Waals surface area contributed by atoms with Crippen molar-refractivity contribution in [1.29, 1.82) is 0 Å². The fourth-order valence-corrected chi connectivity index (χ4v) is 2.33. The van der Waals surface area contributed by atoms with E-state index in [-0.39, 0.29) is 17.5 Å². The van der Waals surface area contributed by atoms with Crippen molar-refractivity contribution in [2.24, 2.45) is 11.3 Å². The van der Waals surface area contributed by atoms with Gasteiger partial charge in [0, 0.05) is 17.0 Å². The molecule has 1 aromatic carbocycles. The monoisotopic (exact) mass is 334 g/mol. The number of halogens is 3. The molecule has 0 aliphatic rings. The number of amides is 2. The molecule has 0 radical (unpaired) electrons. The lowest BCUT2D eigenvalue weighted by Crippen LogP contribution is -2.44. The molecule has 4 nitrogen and oxygen atoms in total. The number of anilines is 1. The van der Waals surface area contributed by atoms with Crippen LogP contribution in [-0.2, 0) is 0 Å². The van der Waals surface area contributed by atoms with E-state index < -0.39 is 34.9 Å². The zero-order chi connectivity index (χ0) is 17.1. The Morgan fingerprint density at radius 2 is 1.82 bits per heavy atom. The van der Waals surface area contributed by atoms with Gasteiger partial charge in [-0.05, 0) is 18.1 Å². The van der Waals surface area contributed by atoms with Gasteiger partial charge in [0.15, 0.2) is 11.6 Å². The molecule has 0 heterocycles. The van der Waals surface area contributed by atoms with Gasteiger partial charge in [-0.2, -0.15) is 0 Å². The van der Waals surface area contributed by atoms with Crippen LogP contribution in [0.2, 0.25) is 5.02 Å². The van der Waals surface area contributed by atoms with Gasteiger partial charge in [0.05, 0.1) is 6.10 Å². The van der Waals surface area contributed by atoms with Crippen molar-refractivity contribution in [3.05, 3.63) is 28.8 Å². The molecule has 1 unspecified atom stereocenters. The summed E-state index contributed by atoms with van der Waals surface area (Å²) in [5.41, 5.74) is -1.15. The molecule has 0 saturated carbocycles. The first-order chi connectivity index (χ1) is 10.0. The smallest absolute Gasteiger partial charge is 0.319 e. The highest BCUT2D eigenvalue weighted by Gasteiger charge is 2.30. The molecule has 0 aliphatic carbocycles. The van der Waals surface area contributed by atoms with Gasteiger partial charge >= 0.3 is 6.03 Å². The minimum Gasteiger partial charge on any atom is -0.392 e. The molecule has 1 rings (SSSR count). The fourth-order valence-electron chi connectivity index (χ4n) is 2.13. The highest BCUT2D eigenvalue weighted by Crippen LogP contribution is 2.26. The van der Waals surface area contributed by atoms with Crippen LogP contribution < -0.4 is 10.6 Å². The molecule has 3 N–H and O–H groups in total. The van der Waals surface area contributed by atoms with Crippen LogP contribution in [0, 0.1) is 23.0 Å². The predicted octanol–water partition coefficient (Wildman–Crippen LogP) is 3.78. The number of carbonyl (C=O) groups is 1. The van der Waals surface area contributed by atoms with Gasteiger partial charge in [0.1, 0.15) is 5.69 Å². The molecule has 0 bridgehead atoms. The van der Waals surface area contributed by atoms with Crippen LogP contribution in [0.3, 0.4) is 0 Å². The summed E-state index contributed by atoms with van der Waals surface area (Å²) in [4.78, 5) is 11.8. The van der Waals surface area contributed by atoms with Crippen LogP contribution in [0.1, 0.15) is 27.7 Å². The van der Waals surface area contributed by atoms with E-state index in [1.54, 1.807) is 13.8 Å². The minimum atomic E-state index is -0.957. The number of carbonyl (C=O) groups excluding carboxylic acids is 1. The number of hydrogen-bond acceptors (Lipinski definition) is 2. The molecule has 0 saturated heterocycles. The zero-order valence-electron chi connectivity index (χ0n) is 13.0. The number of hydrogen-bond donors (Lipinski definition) is 3. The first kappa shape index (κ1) is 18.6. The van der Waals surface area contributed by atoms with E-state index in [0.29, 0.717) is 0 Å². The highest BCUT2D eigenvalue weighted by atomic mass is 35.5. The Morgan fingerprint density at radius 1 is 1.32 bits per heavy atom. The molecule has 1 atom stereocenters. The average molecular weight is 335 g/mol. The van der Waals surface area contributed by atoms with Crippen LogP contribution >= 0.6 is 11.6 Å². The second kappa shape index (κ2) is 7.24. The number of benzene rings is 1. The number of aliphatic hydroxyl groups is 1. The van der Waals surface area contributed by atoms with Gasteiger partial charge in [0.25, 0.3) is 0 Å². The van der Waals surface area contributed by atoms with Crippen molar-refractivity contribution in [2.45, 2.75) is 33.8 Å². The second-order valence-electron chi connectivity index (χ2n) is 6.23. The van der Waals surface area contributed by atoms with E-state index >= 15 is 0 Å².